The molecule has 10 nitrogen and oxygen atoms in total. The van der Waals surface area contributed by atoms with E-state index in [1.54, 1.807) is 18.2 Å². The number of nitrogens with one attached hydrogen (secondary N) is 2. The summed E-state index contributed by atoms with van der Waals surface area (Å²) < 4.78 is 5.56. The summed E-state index contributed by atoms with van der Waals surface area (Å²) in [6.45, 7) is -0.229. The minimum Gasteiger partial charge on any atom is -0.475 e. The number of carbonyl (C=O) groups excluding carboxylic acids is 2. The number of aryl methyl sites for hydroxylation is 1. The lowest BCUT2D eigenvalue weighted by Gasteiger charge is -2.23. The lowest BCUT2D eigenvalue weighted by molar-refractivity contribution is -0.124. The van der Waals surface area contributed by atoms with E-state index in [2.05, 4.69) is 25.6 Å². The monoisotopic (exact) mass is 463 g/mol. The summed E-state index contributed by atoms with van der Waals surface area (Å²) in [7, 11) is -1.77. The first-order chi connectivity index (χ1) is 16.5. The summed E-state index contributed by atoms with van der Waals surface area (Å²) in [5.74, 6) is -1.91. The number of hydrogen-bond acceptors (Lipinski definition) is 8. The van der Waals surface area contributed by atoms with Crippen molar-refractivity contribution in [3.8, 4) is 5.88 Å². The first-order valence-electron chi connectivity index (χ1n) is 10.8. The van der Waals surface area contributed by atoms with E-state index in [0.29, 0.717) is 12.8 Å². The average molecular weight is 463 g/mol. The SMILES string of the molecule is O=C(NC(COc1ccccn1)C(=O)NC(CCCc1ccccc1)B(O)O)c1cnccn1. The molecule has 176 valence electrons. The smallest absolute Gasteiger partial charge is 0.475 e. The highest BCUT2D eigenvalue weighted by Gasteiger charge is 2.30. The van der Waals surface area contributed by atoms with Crippen molar-refractivity contribution in [2.24, 2.45) is 0 Å². The number of rotatable bonds is 12. The van der Waals surface area contributed by atoms with Gasteiger partial charge in [0, 0.05) is 24.7 Å². The van der Waals surface area contributed by atoms with Gasteiger partial charge in [-0.15, -0.1) is 0 Å². The fourth-order valence-electron chi connectivity index (χ4n) is 3.18. The van der Waals surface area contributed by atoms with Crippen molar-refractivity contribution in [2.75, 3.05) is 6.61 Å². The molecule has 0 aliphatic carbocycles. The molecule has 0 spiro atoms. The second kappa shape index (κ2) is 13.0. The van der Waals surface area contributed by atoms with E-state index in [1.807, 2.05) is 30.3 Å². The number of amides is 2. The third kappa shape index (κ3) is 7.94. The van der Waals surface area contributed by atoms with Crippen LogP contribution in [0.3, 0.4) is 0 Å². The van der Waals surface area contributed by atoms with Crippen LogP contribution in [0.15, 0.2) is 73.3 Å². The summed E-state index contributed by atoms with van der Waals surface area (Å²) in [5, 5.41) is 24.8. The van der Waals surface area contributed by atoms with Crippen molar-refractivity contribution >= 4 is 18.9 Å². The van der Waals surface area contributed by atoms with Crippen LogP contribution in [0, 0.1) is 0 Å². The lowest BCUT2D eigenvalue weighted by atomic mass is 9.76. The Kier molecular flexibility index (Phi) is 9.50. The molecular weight excluding hydrogens is 437 g/mol. The van der Waals surface area contributed by atoms with Gasteiger partial charge in [0.25, 0.3) is 5.91 Å². The molecule has 3 aromatic rings. The van der Waals surface area contributed by atoms with Crippen molar-refractivity contribution in [3.05, 3.63) is 84.6 Å². The normalized spacial score (nSPS) is 12.3. The van der Waals surface area contributed by atoms with Crippen LogP contribution in [0.1, 0.15) is 28.9 Å². The quantitative estimate of drug-likeness (QED) is 0.285. The van der Waals surface area contributed by atoms with Gasteiger partial charge >= 0.3 is 7.12 Å². The standard InChI is InChI=1S/C23H26BN5O5/c30-22(18-15-25-13-14-26-18)28-19(16-34-21-11-4-5-12-27-21)23(31)29-20(24(32)33)10-6-9-17-7-2-1-3-8-17/h1-5,7-8,11-15,19-20,32-33H,6,9-10,16H2,(H,28,30)(H,29,31). The van der Waals surface area contributed by atoms with Gasteiger partial charge in [0.15, 0.2) is 0 Å². The zero-order chi connectivity index (χ0) is 24.2. The van der Waals surface area contributed by atoms with E-state index in [-0.39, 0.29) is 18.2 Å². The number of pyridine rings is 1. The van der Waals surface area contributed by atoms with Crippen LogP contribution in [0.25, 0.3) is 0 Å². The van der Waals surface area contributed by atoms with Crippen LogP contribution in [-0.2, 0) is 11.2 Å². The summed E-state index contributed by atoms with van der Waals surface area (Å²) in [6, 6.07) is 13.7. The maximum absolute atomic E-state index is 13.0. The van der Waals surface area contributed by atoms with Gasteiger partial charge in [-0.05, 0) is 30.9 Å². The van der Waals surface area contributed by atoms with E-state index in [9.17, 15) is 19.6 Å². The maximum atomic E-state index is 13.0. The van der Waals surface area contributed by atoms with Gasteiger partial charge < -0.3 is 25.4 Å². The number of aromatic nitrogens is 3. The van der Waals surface area contributed by atoms with Crippen LogP contribution < -0.4 is 15.4 Å². The molecule has 0 aliphatic rings. The first kappa shape index (κ1) is 24.8. The highest BCUT2D eigenvalue weighted by atomic mass is 16.5. The molecule has 0 fully saturated rings. The zero-order valence-corrected chi connectivity index (χ0v) is 18.4. The Bertz CT molecular complexity index is 1030. The molecule has 2 aromatic heterocycles. The molecule has 2 unspecified atom stereocenters. The van der Waals surface area contributed by atoms with Crippen molar-refractivity contribution in [3.63, 3.8) is 0 Å². The van der Waals surface area contributed by atoms with Gasteiger partial charge in [0.1, 0.15) is 18.3 Å². The number of hydrogen-bond donors (Lipinski definition) is 4. The van der Waals surface area contributed by atoms with Crippen LogP contribution in [0.4, 0.5) is 0 Å². The Balaban J connectivity index is 1.64. The number of nitrogens with zero attached hydrogens (tertiary/aromatic N) is 3. The Morgan fingerprint density at radius 1 is 0.971 bits per heavy atom. The van der Waals surface area contributed by atoms with Crippen LogP contribution in [0.2, 0.25) is 0 Å². The predicted octanol–water partition coefficient (Wildman–Crippen LogP) is 0.569. The maximum Gasteiger partial charge on any atom is 0.475 e. The van der Waals surface area contributed by atoms with E-state index in [4.69, 9.17) is 4.74 Å². The fourth-order valence-corrected chi connectivity index (χ4v) is 3.18. The molecule has 34 heavy (non-hydrogen) atoms. The molecule has 0 bridgehead atoms. The molecule has 11 heteroatoms. The van der Waals surface area contributed by atoms with Crippen LogP contribution >= 0.6 is 0 Å². The second-order valence-electron chi connectivity index (χ2n) is 7.50. The third-order valence-electron chi connectivity index (χ3n) is 4.96. The highest BCUT2D eigenvalue weighted by Crippen LogP contribution is 2.09. The topological polar surface area (TPSA) is 147 Å². The van der Waals surface area contributed by atoms with Crippen molar-refractivity contribution in [1.29, 1.82) is 0 Å². The number of ether oxygens (including phenoxy) is 1. The molecule has 4 N–H and O–H groups in total. The Labute approximate surface area is 197 Å². The molecule has 3 rings (SSSR count). The zero-order valence-electron chi connectivity index (χ0n) is 18.4. The second-order valence-corrected chi connectivity index (χ2v) is 7.50. The summed E-state index contributed by atoms with van der Waals surface area (Å²) in [6.07, 6.45) is 7.25. The average Bonchev–Trinajstić information content (AvgIpc) is 2.87. The third-order valence-corrected chi connectivity index (χ3v) is 4.96. The van der Waals surface area contributed by atoms with Crippen molar-refractivity contribution in [2.45, 2.75) is 31.2 Å². The largest absolute Gasteiger partial charge is 0.475 e. The molecule has 0 saturated heterocycles. The van der Waals surface area contributed by atoms with Gasteiger partial charge in [0.05, 0.1) is 12.1 Å². The van der Waals surface area contributed by atoms with Crippen molar-refractivity contribution in [1.82, 2.24) is 25.6 Å². The molecule has 0 aliphatic heterocycles. The van der Waals surface area contributed by atoms with Gasteiger partial charge in [0.2, 0.25) is 11.8 Å². The minimum absolute atomic E-state index is 0.0275. The Hall–Kier alpha value is -3.83. The van der Waals surface area contributed by atoms with Crippen LogP contribution in [-0.4, -0.2) is 62.5 Å². The van der Waals surface area contributed by atoms with E-state index < -0.39 is 30.9 Å². The van der Waals surface area contributed by atoms with Gasteiger partial charge in [-0.2, -0.15) is 0 Å². The Morgan fingerprint density at radius 3 is 2.44 bits per heavy atom. The fraction of sp³-hybridized carbons (Fsp3) is 0.261. The van der Waals surface area contributed by atoms with E-state index in [1.165, 1.54) is 24.8 Å². The first-order valence-corrected chi connectivity index (χ1v) is 10.8. The lowest BCUT2D eigenvalue weighted by Crippen LogP contribution is -2.55. The van der Waals surface area contributed by atoms with Gasteiger partial charge in [-0.25, -0.2) is 9.97 Å². The molecule has 0 radical (unpaired) electrons. The minimum atomic E-state index is -1.77. The van der Waals surface area contributed by atoms with E-state index in [0.717, 1.165) is 12.0 Å². The van der Waals surface area contributed by atoms with Gasteiger partial charge in [-0.3, -0.25) is 14.6 Å². The molecular formula is C23H26BN5O5. The summed E-state index contributed by atoms with van der Waals surface area (Å²) >= 11 is 0. The molecule has 2 atom stereocenters. The molecule has 0 saturated carbocycles. The van der Waals surface area contributed by atoms with Crippen LogP contribution in [0.5, 0.6) is 5.88 Å². The molecule has 1 aromatic carbocycles. The number of benzene rings is 1. The Morgan fingerprint density at radius 2 is 1.76 bits per heavy atom. The van der Waals surface area contributed by atoms with E-state index >= 15 is 0 Å². The van der Waals surface area contributed by atoms with Gasteiger partial charge in [-0.1, -0.05) is 36.4 Å². The summed E-state index contributed by atoms with van der Waals surface area (Å²) in [4.78, 5) is 37.4. The molecule has 2 amide bonds. The van der Waals surface area contributed by atoms with Crippen molar-refractivity contribution < 1.29 is 24.4 Å². The number of carbonyl (C=O) groups is 2. The molecule has 2 heterocycles. The highest BCUT2D eigenvalue weighted by molar-refractivity contribution is 6.43. The predicted molar refractivity (Wildman–Crippen MR) is 125 cm³/mol. The summed E-state index contributed by atoms with van der Waals surface area (Å²) in [5.41, 5.74) is 1.14.